The smallest absolute Gasteiger partial charge is 0.266 e. The summed E-state index contributed by atoms with van der Waals surface area (Å²) in [6, 6.07) is 5.79. The Labute approximate surface area is 70.7 Å². The molecule has 12 heavy (non-hydrogen) atoms. The van der Waals surface area contributed by atoms with Crippen LogP contribution < -0.4 is 4.72 Å². The molecule has 0 saturated carbocycles. The van der Waals surface area contributed by atoms with Crippen LogP contribution in [0.1, 0.15) is 10.4 Å². The highest BCUT2D eigenvalue weighted by molar-refractivity contribution is 7.90. The molecule has 0 fully saturated rings. The number of benzene rings is 1. The summed E-state index contributed by atoms with van der Waals surface area (Å²) in [7, 11) is -3.88. The Bertz CT molecular complexity index is 482. The van der Waals surface area contributed by atoms with Crippen LogP contribution in [0.5, 0.6) is 0 Å². The van der Waals surface area contributed by atoms with Gasteiger partial charge in [0.2, 0.25) is 0 Å². The van der Waals surface area contributed by atoms with Crippen LogP contribution in [0.3, 0.4) is 0 Å². The third kappa shape index (κ3) is 0.831. The van der Waals surface area contributed by atoms with Crippen molar-refractivity contribution in [2.75, 3.05) is 0 Å². The zero-order valence-electron chi connectivity index (χ0n) is 6.89. The summed E-state index contributed by atoms with van der Waals surface area (Å²) in [4.78, 5) is 11.1. The lowest BCUT2D eigenvalue weighted by Gasteiger charge is -1.91. The zero-order valence-corrected chi connectivity index (χ0v) is 6.71. The SMILES string of the molecule is [2H]N1C(=O)c2ccccc2S1(=O)=O. The molecule has 1 aliphatic heterocycles. The first-order valence-electron chi connectivity index (χ1n) is 3.67. The summed E-state index contributed by atoms with van der Waals surface area (Å²) in [6.45, 7) is 0. The summed E-state index contributed by atoms with van der Waals surface area (Å²) in [5, 5.41) is 0. The van der Waals surface area contributed by atoms with Crippen LogP contribution in [-0.4, -0.2) is 14.3 Å². The average molecular weight is 184 g/mol. The molecule has 1 heterocycles. The Morgan fingerprint density at radius 3 is 2.67 bits per heavy atom. The Morgan fingerprint density at radius 1 is 1.33 bits per heavy atom. The number of carbonyl (C=O) groups excluding carboxylic acids is 1. The van der Waals surface area contributed by atoms with Crippen molar-refractivity contribution < 1.29 is 14.6 Å². The highest BCUT2D eigenvalue weighted by Crippen LogP contribution is 2.20. The fourth-order valence-electron chi connectivity index (χ4n) is 1.08. The van der Waals surface area contributed by atoms with Gasteiger partial charge in [0.25, 0.3) is 15.9 Å². The molecule has 1 aromatic carbocycles. The lowest BCUT2D eigenvalue weighted by molar-refractivity contribution is 0.0985. The van der Waals surface area contributed by atoms with Gasteiger partial charge in [-0.25, -0.2) is 13.1 Å². The summed E-state index contributed by atoms with van der Waals surface area (Å²) < 4.78 is 29.7. The van der Waals surface area contributed by atoms with Gasteiger partial charge in [-0.3, -0.25) is 4.79 Å². The molecular formula is C7H5NO3S. The van der Waals surface area contributed by atoms with Crippen molar-refractivity contribution in [2.24, 2.45) is 0 Å². The molecule has 0 unspecified atom stereocenters. The van der Waals surface area contributed by atoms with Gasteiger partial charge in [0.05, 0.1) is 5.56 Å². The predicted molar refractivity (Wildman–Crippen MR) is 41.1 cm³/mol. The summed E-state index contributed by atoms with van der Waals surface area (Å²) >= 11 is 0. The van der Waals surface area contributed by atoms with E-state index < -0.39 is 15.9 Å². The van der Waals surface area contributed by atoms with Gasteiger partial charge in [0, 0.05) is 0 Å². The number of amides is 1. The highest BCUT2D eigenvalue weighted by Gasteiger charge is 2.31. The molecule has 2 rings (SSSR count). The maximum atomic E-state index is 11.3. The Balaban J connectivity index is 2.83. The first kappa shape index (κ1) is 6.19. The van der Waals surface area contributed by atoms with Crippen molar-refractivity contribution in [1.29, 1.82) is 0 Å². The first-order valence-corrected chi connectivity index (χ1v) is 4.67. The monoisotopic (exact) mass is 184 g/mol. The predicted octanol–water partition coefficient (Wildman–Crippen LogP) is 0.119. The molecular weight excluding hydrogens is 178 g/mol. The van der Waals surface area contributed by atoms with Crippen molar-refractivity contribution in [2.45, 2.75) is 4.90 Å². The van der Waals surface area contributed by atoms with E-state index in [1.54, 1.807) is 6.07 Å². The van der Waals surface area contributed by atoms with E-state index in [9.17, 15) is 13.2 Å². The molecule has 0 saturated heterocycles. The maximum absolute atomic E-state index is 11.3. The number of nitrogens with one attached hydrogen (secondary N) is 1. The molecule has 0 aromatic heterocycles. The van der Waals surface area contributed by atoms with Crippen molar-refractivity contribution in [3.63, 3.8) is 0 Å². The van der Waals surface area contributed by atoms with E-state index in [0.717, 1.165) is 0 Å². The maximum Gasteiger partial charge on any atom is 0.266 e. The largest absolute Gasteiger partial charge is 0.268 e. The second kappa shape index (κ2) is 2.07. The fraction of sp³-hybridized carbons (Fsp3) is 0. The minimum Gasteiger partial charge on any atom is -0.268 e. The van der Waals surface area contributed by atoms with E-state index in [0.29, 0.717) is 0 Å². The topological polar surface area (TPSA) is 63.2 Å². The van der Waals surface area contributed by atoms with Crippen LogP contribution in [0, 0.1) is 0 Å². The van der Waals surface area contributed by atoms with Crippen molar-refractivity contribution >= 4 is 15.9 Å². The van der Waals surface area contributed by atoms with Gasteiger partial charge in [-0.15, -0.1) is 0 Å². The molecule has 1 N–H and O–H groups in total. The van der Waals surface area contributed by atoms with Crippen LogP contribution >= 0.6 is 0 Å². The van der Waals surface area contributed by atoms with Gasteiger partial charge in [0.15, 0.2) is 1.41 Å². The average Bonchev–Trinajstić information content (AvgIpc) is 2.30. The van der Waals surface area contributed by atoms with Gasteiger partial charge >= 0.3 is 0 Å². The number of rotatable bonds is 0. The van der Waals surface area contributed by atoms with Gasteiger partial charge < -0.3 is 0 Å². The molecule has 1 amide bonds. The van der Waals surface area contributed by atoms with E-state index in [-0.39, 0.29) is 15.2 Å². The molecule has 0 radical (unpaired) electrons. The molecule has 5 heteroatoms. The summed E-state index contributed by atoms with van der Waals surface area (Å²) in [5.41, 5.74) is 0.0671. The molecule has 1 aliphatic rings. The lowest BCUT2D eigenvalue weighted by Crippen LogP contribution is -2.20. The fourth-order valence-corrected chi connectivity index (χ4v) is 2.17. The highest BCUT2D eigenvalue weighted by atomic mass is 32.2. The van der Waals surface area contributed by atoms with Crippen LogP contribution in [0.4, 0.5) is 0 Å². The van der Waals surface area contributed by atoms with Crippen molar-refractivity contribution in [3.8, 4) is 0 Å². The Morgan fingerprint density at radius 2 is 2.00 bits per heavy atom. The number of carbonyl (C=O) groups is 1. The second-order valence-electron chi connectivity index (χ2n) is 2.37. The minimum atomic E-state index is -3.88. The number of sulfonamides is 1. The van der Waals surface area contributed by atoms with Gasteiger partial charge in [-0.2, -0.15) is 0 Å². The van der Waals surface area contributed by atoms with Crippen LogP contribution in [0.2, 0.25) is 1.41 Å². The van der Waals surface area contributed by atoms with E-state index in [4.69, 9.17) is 1.41 Å². The van der Waals surface area contributed by atoms with Crippen molar-refractivity contribution in [3.05, 3.63) is 29.8 Å². The normalized spacial score (nSPS) is 20.5. The van der Waals surface area contributed by atoms with E-state index in [1.165, 1.54) is 18.2 Å². The second-order valence-corrected chi connectivity index (χ2v) is 3.94. The minimum absolute atomic E-state index is 0.0116. The van der Waals surface area contributed by atoms with Crippen molar-refractivity contribution in [1.82, 2.24) is 4.72 Å². The molecule has 1 aromatic rings. The molecule has 0 atom stereocenters. The number of hydrogen-bond acceptors (Lipinski definition) is 3. The quantitative estimate of drug-likeness (QED) is 0.622. The molecule has 4 nitrogen and oxygen atoms in total. The third-order valence-electron chi connectivity index (χ3n) is 1.60. The summed E-state index contributed by atoms with van der Waals surface area (Å²) in [6.07, 6.45) is 0. The lowest BCUT2D eigenvalue weighted by atomic mass is 10.2. The van der Waals surface area contributed by atoms with Crippen LogP contribution in [0.15, 0.2) is 29.2 Å². The first-order chi connectivity index (χ1) is 6.05. The molecule has 0 spiro atoms. The molecule has 62 valence electrons. The van der Waals surface area contributed by atoms with Gasteiger partial charge in [-0.05, 0) is 12.1 Å². The zero-order chi connectivity index (χ0) is 9.64. The Kier molecular flexibility index (Phi) is 1.07. The van der Waals surface area contributed by atoms with Crippen LogP contribution in [-0.2, 0) is 10.0 Å². The number of hydrogen-bond donors (Lipinski definition) is 1. The Hall–Kier alpha value is -1.36. The van der Waals surface area contributed by atoms with Gasteiger partial charge in [0.1, 0.15) is 4.90 Å². The van der Waals surface area contributed by atoms with E-state index in [1.807, 2.05) is 0 Å². The van der Waals surface area contributed by atoms with E-state index in [2.05, 4.69) is 0 Å². The number of fused-ring (bicyclic) bond motifs is 1. The standard InChI is InChI=1S/C7H5NO3S/c9-7-5-3-1-2-4-6(5)12(10,11)8-7/h1-4H,(H,8,9)/i/hD. The summed E-state index contributed by atoms with van der Waals surface area (Å²) in [5.74, 6) is -0.796. The van der Waals surface area contributed by atoms with E-state index >= 15 is 0 Å². The van der Waals surface area contributed by atoms with Gasteiger partial charge in [-0.1, -0.05) is 12.1 Å². The van der Waals surface area contributed by atoms with Crippen LogP contribution in [0.25, 0.3) is 0 Å². The molecule has 0 aliphatic carbocycles. The molecule has 0 bridgehead atoms. The third-order valence-corrected chi connectivity index (χ3v) is 2.92.